The molecule has 0 aliphatic carbocycles. The van der Waals surface area contributed by atoms with Crippen LogP contribution in [0.4, 0.5) is 0 Å². The summed E-state index contributed by atoms with van der Waals surface area (Å²) in [5, 5.41) is 2.77. The molecule has 0 radical (unpaired) electrons. The third kappa shape index (κ3) is 2.81. The van der Waals surface area contributed by atoms with Crippen LogP contribution >= 0.6 is 0 Å². The van der Waals surface area contributed by atoms with Crippen LogP contribution in [0.3, 0.4) is 0 Å². The van der Waals surface area contributed by atoms with Gasteiger partial charge in [0.05, 0.1) is 17.8 Å². The minimum Gasteiger partial charge on any atom is -0.347 e. The van der Waals surface area contributed by atoms with Crippen LogP contribution in [0.1, 0.15) is 25.6 Å². The summed E-state index contributed by atoms with van der Waals surface area (Å²) >= 11 is 0. The maximum atomic E-state index is 11.3. The summed E-state index contributed by atoms with van der Waals surface area (Å²) in [5.74, 6) is -0.164. The van der Waals surface area contributed by atoms with Gasteiger partial charge < -0.3 is 11.1 Å². The molecule has 0 aliphatic heterocycles. The molecule has 2 atom stereocenters. The maximum Gasteiger partial charge on any atom is 0.237 e. The molecule has 1 rings (SSSR count). The van der Waals surface area contributed by atoms with Crippen molar-refractivity contribution < 1.29 is 4.79 Å². The molecule has 0 aliphatic rings. The highest BCUT2D eigenvalue weighted by Crippen LogP contribution is 2.07. The second-order valence-corrected chi connectivity index (χ2v) is 3.27. The Kier molecular flexibility index (Phi) is 3.59. The number of aromatic nitrogens is 1. The minimum atomic E-state index is -0.485. The Morgan fingerprint density at radius 3 is 2.71 bits per heavy atom. The first-order valence-electron chi connectivity index (χ1n) is 4.58. The lowest BCUT2D eigenvalue weighted by Crippen LogP contribution is -2.39. The van der Waals surface area contributed by atoms with E-state index in [1.54, 1.807) is 13.1 Å². The Bertz CT molecular complexity index is 297. The lowest BCUT2D eigenvalue weighted by Gasteiger charge is -2.14. The van der Waals surface area contributed by atoms with Crippen molar-refractivity contribution in [1.29, 1.82) is 0 Å². The van der Waals surface area contributed by atoms with E-state index in [2.05, 4.69) is 10.3 Å². The van der Waals surface area contributed by atoms with Gasteiger partial charge in [-0.3, -0.25) is 9.78 Å². The number of carbonyl (C=O) groups is 1. The molecule has 3 N–H and O–H groups in total. The molecule has 0 saturated heterocycles. The first kappa shape index (κ1) is 10.7. The van der Waals surface area contributed by atoms with Crippen molar-refractivity contribution in [3.63, 3.8) is 0 Å². The van der Waals surface area contributed by atoms with Crippen molar-refractivity contribution in [1.82, 2.24) is 10.3 Å². The Labute approximate surface area is 83.5 Å². The fourth-order valence-corrected chi connectivity index (χ4v) is 1.05. The van der Waals surface area contributed by atoms with Crippen LogP contribution < -0.4 is 11.1 Å². The van der Waals surface area contributed by atoms with Gasteiger partial charge in [-0.2, -0.15) is 0 Å². The number of pyridine rings is 1. The maximum absolute atomic E-state index is 11.3. The van der Waals surface area contributed by atoms with E-state index in [0.29, 0.717) is 0 Å². The average molecular weight is 193 g/mol. The molecule has 1 heterocycles. The van der Waals surface area contributed by atoms with Gasteiger partial charge >= 0.3 is 0 Å². The molecule has 4 heteroatoms. The number of nitrogens with two attached hydrogens (primary N) is 1. The predicted octanol–water partition coefficient (Wildman–Crippen LogP) is 0.606. The number of hydrogen-bond acceptors (Lipinski definition) is 3. The van der Waals surface area contributed by atoms with Gasteiger partial charge in [-0.25, -0.2) is 0 Å². The van der Waals surface area contributed by atoms with Crippen molar-refractivity contribution in [2.24, 2.45) is 5.73 Å². The van der Waals surface area contributed by atoms with E-state index < -0.39 is 6.04 Å². The molecule has 4 nitrogen and oxygen atoms in total. The Balaban J connectivity index is 2.59. The van der Waals surface area contributed by atoms with Crippen molar-refractivity contribution in [3.05, 3.63) is 30.1 Å². The van der Waals surface area contributed by atoms with E-state index in [1.807, 2.05) is 25.1 Å². The second kappa shape index (κ2) is 4.72. The lowest BCUT2D eigenvalue weighted by atomic mass is 10.2. The van der Waals surface area contributed by atoms with Gasteiger partial charge in [0.15, 0.2) is 0 Å². The van der Waals surface area contributed by atoms with Gasteiger partial charge in [-0.1, -0.05) is 6.07 Å². The van der Waals surface area contributed by atoms with Crippen LogP contribution in [-0.2, 0) is 4.79 Å². The highest BCUT2D eigenvalue weighted by molar-refractivity contribution is 5.81. The van der Waals surface area contributed by atoms with E-state index in [-0.39, 0.29) is 11.9 Å². The summed E-state index contributed by atoms with van der Waals surface area (Å²) in [5.41, 5.74) is 6.26. The number of carbonyl (C=O) groups excluding carboxylic acids is 1. The monoisotopic (exact) mass is 193 g/mol. The molecule has 14 heavy (non-hydrogen) atoms. The molecule has 0 spiro atoms. The lowest BCUT2D eigenvalue weighted by molar-refractivity contribution is -0.122. The molecule has 1 aromatic rings. The number of amides is 1. The normalized spacial score (nSPS) is 14.5. The van der Waals surface area contributed by atoms with Crippen LogP contribution in [0.25, 0.3) is 0 Å². The fraction of sp³-hybridized carbons (Fsp3) is 0.400. The summed E-state index contributed by atoms with van der Waals surface area (Å²) < 4.78 is 0. The summed E-state index contributed by atoms with van der Waals surface area (Å²) in [6.45, 7) is 3.53. The molecule has 0 fully saturated rings. The number of nitrogens with zero attached hydrogens (tertiary/aromatic N) is 1. The zero-order chi connectivity index (χ0) is 10.6. The van der Waals surface area contributed by atoms with E-state index >= 15 is 0 Å². The van der Waals surface area contributed by atoms with Crippen molar-refractivity contribution in [2.45, 2.75) is 25.9 Å². The number of hydrogen-bond donors (Lipinski definition) is 2. The third-order valence-electron chi connectivity index (χ3n) is 1.90. The van der Waals surface area contributed by atoms with Gasteiger partial charge in [-0.15, -0.1) is 0 Å². The first-order chi connectivity index (χ1) is 6.61. The molecule has 0 saturated carbocycles. The van der Waals surface area contributed by atoms with Gasteiger partial charge in [0.2, 0.25) is 5.91 Å². The zero-order valence-corrected chi connectivity index (χ0v) is 8.40. The Morgan fingerprint density at radius 2 is 2.21 bits per heavy atom. The van der Waals surface area contributed by atoms with Gasteiger partial charge in [0.25, 0.3) is 0 Å². The van der Waals surface area contributed by atoms with E-state index in [0.717, 1.165) is 5.69 Å². The van der Waals surface area contributed by atoms with Crippen LogP contribution in [0, 0.1) is 0 Å². The Morgan fingerprint density at radius 1 is 1.50 bits per heavy atom. The van der Waals surface area contributed by atoms with Crippen LogP contribution in [-0.4, -0.2) is 16.9 Å². The highest BCUT2D eigenvalue weighted by Gasteiger charge is 2.12. The molecule has 1 amide bonds. The molecule has 1 aromatic heterocycles. The van der Waals surface area contributed by atoms with Crippen molar-refractivity contribution >= 4 is 5.91 Å². The van der Waals surface area contributed by atoms with Crippen molar-refractivity contribution in [3.8, 4) is 0 Å². The molecule has 76 valence electrons. The van der Waals surface area contributed by atoms with Crippen LogP contribution in [0.15, 0.2) is 24.4 Å². The van der Waals surface area contributed by atoms with Gasteiger partial charge in [0, 0.05) is 6.20 Å². The SMILES string of the molecule is CC(N)C(=O)NC(C)c1ccccn1. The van der Waals surface area contributed by atoms with Crippen LogP contribution in [0.5, 0.6) is 0 Å². The average Bonchev–Trinajstić information content (AvgIpc) is 2.19. The summed E-state index contributed by atoms with van der Waals surface area (Å²) in [4.78, 5) is 15.4. The molecule has 0 bridgehead atoms. The first-order valence-corrected chi connectivity index (χ1v) is 4.58. The molecule has 2 unspecified atom stereocenters. The van der Waals surface area contributed by atoms with Crippen molar-refractivity contribution in [2.75, 3.05) is 0 Å². The third-order valence-corrected chi connectivity index (χ3v) is 1.90. The van der Waals surface area contributed by atoms with E-state index in [4.69, 9.17) is 5.73 Å². The summed E-state index contributed by atoms with van der Waals surface area (Å²) in [6, 6.07) is 5.00. The molecular weight excluding hydrogens is 178 g/mol. The highest BCUT2D eigenvalue weighted by atomic mass is 16.2. The minimum absolute atomic E-state index is 0.102. The fourth-order valence-electron chi connectivity index (χ4n) is 1.05. The summed E-state index contributed by atoms with van der Waals surface area (Å²) in [7, 11) is 0. The largest absolute Gasteiger partial charge is 0.347 e. The quantitative estimate of drug-likeness (QED) is 0.739. The van der Waals surface area contributed by atoms with Crippen LogP contribution in [0.2, 0.25) is 0 Å². The number of rotatable bonds is 3. The molecular formula is C10H15N3O. The summed E-state index contributed by atoms with van der Waals surface area (Å²) in [6.07, 6.45) is 1.70. The van der Waals surface area contributed by atoms with Gasteiger partial charge in [0.1, 0.15) is 0 Å². The molecule has 0 aromatic carbocycles. The second-order valence-electron chi connectivity index (χ2n) is 3.27. The van der Waals surface area contributed by atoms with E-state index in [9.17, 15) is 4.79 Å². The smallest absolute Gasteiger partial charge is 0.237 e. The zero-order valence-electron chi connectivity index (χ0n) is 8.40. The van der Waals surface area contributed by atoms with E-state index in [1.165, 1.54) is 0 Å². The van der Waals surface area contributed by atoms with Gasteiger partial charge in [-0.05, 0) is 26.0 Å². The topological polar surface area (TPSA) is 68.0 Å². The predicted molar refractivity (Wildman–Crippen MR) is 54.4 cm³/mol. The Hall–Kier alpha value is -1.42. The number of nitrogens with one attached hydrogen (secondary N) is 1. The standard InChI is InChI=1S/C10H15N3O/c1-7(11)10(14)13-8(2)9-5-3-4-6-12-9/h3-8H,11H2,1-2H3,(H,13,14).